The van der Waals surface area contributed by atoms with Gasteiger partial charge >= 0.3 is 0 Å². The minimum absolute atomic E-state index is 0.0162. The number of anilines is 2. The zero-order valence-electron chi connectivity index (χ0n) is 16.7. The van der Waals surface area contributed by atoms with Crippen molar-refractivity contribution in [3.05, 3.63) is 86.0 Å². The maximum Gasteiger partial charge on any atom is 0.300 e. The molecule has 1 saturated heterocycles. The van der Waals surface area contributed by atoms with Gasteiger partial charge in [0.05, 0.1) is 15.6 Å². The van der Waals surface area contributed by atoms with Crippen molar-refractivity contribution in [3.63, 3.8) is 0 Å². The number of aliphatic hydroxyl groups excluding tert-OH is 1. The van der Waals surface area contributed by atoms with Gasteiger partial charge < -0.3 is 10.0 Å². The van der Waals surface area contributed by atoms with Crippen LogP contribution in [0.4, 0.5) is 11.4 Å². The Bertz CT molecular complexity index is 1190. The van der Waals surface area contributed by atoms with Gasteiger partial charge in [-0.05, 0) is 53.9 Å². The summed E-state index contributed by atoms with van der Waals surface area (Å²) < 4.78 is 0. The lowest BCUT2D eigenvalue weighted by atomic mass is 9.99. The van der Waals surface area contributed by atoms with Gasteiger partial charge in [-0.2, -0.15) is 0 Å². The van der Waals surface area contributed by atoms with Gasteiger partial charge in [-0.25, -0.2) is 0 Å². The summed E-state index contributed by atoms with van der Waals surface area (Å²) in [5, 5.41) is 13.5. The molecule has 1 amide bonds. The van der Waals surface area contributed by atoms with Crippen LogP contribution < -0.4 is 9.80 Å². The van der Waals surface area contributed by atoms with Crippen molar-refractivity contribution in [2.24, 2.45) is 0 Å². The molecule has 1 aliphatic heterocycles. The predicted octanol–water partition coefficient (Wildman–Crippen LogP) is 5.75. The summed E-state index contributed by atoms with van der Waals surface area (Å²) >= 11 is 13.5. The van der Waals surface area contributed by atoms with E-state index >= 15 is 0 Å². The second-order valence-corrected chi connectivity index (χ2v) is 9.02. The number of aliphatic hydroxyl groups is 1. The first-order valence-electron chi connectivity index (χ1n) is 9.37. The molecule has 2 aromatic carbocycles. The maximum atomic E-state index is 13.1. The Morgan fingerprint density at radius 3 is 2.32 bits per heavy atom. The van der Waals surface area contributed by atoms with Gasteiger partial charge in [0.15, 0.2) is 0 Å². The third kappa shape index (κ3) is 3.83. The van der Waals surface area contributed by atoms with E-state index in [9.17, 15) is 14.7 Å². The predicted molar refractivity (Wildman–Crippen MR) is 126 cm³/mol. The Balaban J connectivity index is 1.88. The number of carbonyl (C=O) groups excluding carboxylic acids is 2. The standard InChI is InChI=1S/C23H18Cl2N2O3S/c1-26(2)14-6-8-15(9-7-14)27-20(18-4-3-11-31-18)19(22(29)23(27)30)21(28)13-5-10-16(24)17(25)12-13/h3-12,20,28H,1-2H3/b21-19-. The molecule has 1 unspecified atom stereocenters. The Kier molecular flexibility index (Phi) is 5.79. The quantitative estimate of drug-likeness (QED) is 0.298. The largest absolute Gasteiger partial charge is 0.507 e. The first-order valence-corrected chi connectivity index (χ1v) is 11.0. The number of ketones is 1. The summed E-state index contributed by atoms with van der Waals surface area (Å²) in [4.78, 5) is 30.3. The molecule has 0 spiro atoms. The Hall–Kier alpha value is -2.80. The van der Waals surface area contributed by atoms with Gasteiger partial charge in [0.1, 0.15) is 11.8 Å². The summed E-state index contributed by atoms with van der Waals surface area (Å²) in [6.07, 6.45) is 0. The highest BCUT2D eigenvalue weighted by atomic mass is 35.5. The molecule has 1 aliphatic rings. The molecule has 0 aliphatic carbocycles. The minimum atomic E-state index is -0.751. The van der Waals surface area contributed by atoms with Crippen LogP contribution in [0.25, 0.3) is 5.76 Å². The third-order valence-electron chi connectivity index (χ3n) is 5.09. The van der Waals surface area contributed by atoms with Crippen LogP contribution in [0.3, 0.4) is 0 Å². The number of carbonyl (C=O) groups is 2. The summed E-state index contributed by atoms with van der Waals surface area (Å²) in [7, 11) is 3.84. The minimum Gasteiger partial charge on any atom is -0.507 e. The van der Waals surface area contributed by atoms with E-state index in [1.54, 1.807) is 18.2 Å². The molecule has 0 bridgehead atoms. The molecule has 1 atom stereocenters. The molecule has 158 valence electrons. The Labute approximate surface area is 193 Å². The van der Waals surface area contributed by atoms with Gasteiger partial charge in [0.2, 0.25) is 0 Å². The topological polar surface area (TPSA) is 60.9 Å². The number of hydrogen-bond acceptors (Lipinski definition) is 5. The molecule has 1 fully saturated rings. The van der Waals surface area contributed by atoms with E-state index < -0.39 is 17.7 Å². The van der Waals surface area contributed by atoms with Gasteiger partial charge in [0, 0.05) is 35.9 Å². The Morgan fingerprint density at radius 2 is 1.74 bits per heavy atom. The number of hydrogen-bond donors (Lipinski definition) is 1. The number of thiophene rings is 1. The third-order valence-corrected chi connectivity index (χ3v) is 6.76. The van der Waals surface area contributed by atoms with Crippen molar-refractivity contribution < 1.29 is 14.7 Å². The number of halogens is 2. The van der Waals surface area contributed by atoms with Crippen LogP contribution in [0.1, 0.15) is 16.5 Å². The SMILES string of the molecule is CN(C)c1ccc(N2C(=O)C(=O)/C(=C(\O)c3ccc(Cl)c(Cl)c3)C2c2cccs2)cc1. The lowest BCUT2D eigenvalue weighted by Crippen LogP contribution is -2.29. The van der Waals surface area contributed by atoms with Crippen LogP contribution in [0.5, 0.6) is 0 Å². The monoisotopic (exact) mass is 472 g/mol. The van der Waals surface area contributed by atoms with E-state index in [1.165, 1.54) is 28.4 Å². The zero-order valence-corrected chi connectivity index (χ0v) is 19.0. The van der Waals surface area contributed by atoms with Crippen LogP contribution in [0.15, 0.2) is 65.6 Å². The fourth-order valence-electron chi connectivity index (χ4n) is 3.53. The first-order chi connectivity index (χ1) is 14.8. The first kappa shape index (κ1) is 21.4. The van der Waals surface area contributed by atoms with Gasteiger partial charge in [-0.3, -0.25) is 14.5 Å². The molecule has 1 aromatic heterocycles. The van der Waals surface area contributed by atoms with Crippen molar-refractivity contribution in [2.45, 2.75) is 6.04 Å². The van der Waals surface area contributed by atoms with Crippen molar-refractivity contribution in [3.8, 4) is 0 Å². The van der Waals surface area contributed by atoms with Crippen molar-refractivity contribution in [1.29, 1.82) is 0 Å². The fourth-order valence-corrected chi connectivity index (χ4v) is 4.65. The molecular weight excluding hydrogens is 455 g/mol. The molecular formula is C23H18Cl2N2O3S. The maximum absolute atomic E-state index is 13.1. The van der Waals surface area contributed by atoms with Crippen molar-refractivity contribution >= 4 is 63.4 Å². The van der Waals surface area contributed by atoms with E-state index in [1.807, 2.05) is 48.6 Å². The average molecular weight is 473 g/mol. The summed E-state index contributed by atoms with van der Waals surface area (Å²) in [6.45, 7) is 0. The van der Waals surface area contributed by atoms with Crippen LogP contribution in [0, 0.1) is 0 Å². The van der Waals surface area contributed by atoms with Gasteiger partial charge in [0.25, 0.3) is 11.7 Å². The van der Waals surface area contributed by atoms with Crippen LogP contribution in [-0.2, 0) is 9.59 Å². The number of Topliss-reactive ketones (excluding diaryl/α,β-unsaturated/α-hetero) is 1. The molecule has 1 N–H and O–H groups in total. The van der Waals surface area contributed by atoms with E-state index in [4.69, 9.17) is 23.2 Å². The molecule has 8 heteroatoms. The highest BCUT2D eigenvalue weighted by molar-refractivity contribution is 7.10. The van der Waals surface area contributed by atoms with E-state index in [-0.39, 0.29) is 16.4 Å². The van der Waals surface area contributed by atoms with Crippen LogP contribution >= 0.6 is 34.5 Å². The van der Waals surface area contributed by atoms with Crippen molar-refractivity contribution in [2.75, 3.05) is 23.9 Å². The summed E-state index contributed by atoms with van der Waals surface area (Å²) in [5.41, 5.74) is 1.86. The van der Waals surface area contributed by atoms with Crippen LogP contribution in [0.2, 0.25) is 10.0 Å². The number of nitrogens with zero attached hydrogens (tertiary/aromatic N) is 2. The summed E-state index contributed by atoms with van der Waals surface area (Å²) in [6, 6.07) is 14.8. The molecule has 2 heterocycles. The molecule has 0 saturated carbocycles. The molecule has 4 rings (SSSR count). The molecule has 31 heavy (non-hydrogen) atoms. The number of rotatable bonds is 4. The second-order valence-electron chi connectivity index (χ2n) is 7.22. The smallest absolute Gasteiger partial charge is 0.300 e. The van der Waals surface area contributed by atoms with Gasteiger partial charge in [-0.15, -0.1) is 11.3 Å². The normalized spacial score (nSPS) is 17.9. The Morgan fingerprint density at radius 1 is 1.03 bits per heavy atom. The van der Waals surface area contributed by atoms with E-state index in [2.05, 4.69) is 0 Å². The zero-order chi connectivity index (χ0) is 22.3. The van der Waals surface area contributed by atoms with Gasteiger partial charge in [-0.1, -0.05) is 29.3 Å². The lowest BCUT2D eigenvalue weighted by molar-refractivity contribution is -0.132. The number of amides is 1. The molecule has 5 nitrogen and oxygen atoms in total. The van der Waals surface area contributed by atoms with E-state index in [0.29, 0.717) is 16.3 Å². The fraction of sp³-hybridized carbons (Fsp3) is 0.130. The lowest BCUT2D eigenvalue weighted by Gasteiger charge is -2.25. The average Bonchev–Trinajstić information content (AvgIpc) is 3.37. The molecule has 3 aromatic rings. The van der Waals surface area contributed by atoms with E-state index in [0.717, 1.165) is 10.6 Å². The molecule has 0 radical (unpaired) electrons. The summed E-state index contributed by atoms with van der Waals surface area (Å²) in [5.74, 6) is -1.74. The number of benzene rings is 2. The highest BCUT2D eigenvalue weighted by Gasteiger charge is 2.47. The van der Waals surface area contributed by atoms with Crippen molar-refractivity contribution in [1.82, 2.24) is 0 Å². The highest BCUT2D eigenvalue weighted by Crippen LogP contribution is 2.44. The second kappa shape index (κ2) is 8.38. The van der Waals surface area contributed by atoms with Crippen LogP contribution in [-0.4, -0.2) is 30.9 Å².